The Labute approximate surface area is 114 Å². The number of aryl methyl sites for hydroxylation is 3. The Balaban J connectivity index is 2.05. The third-order valence-corrected chi connectivity index (χ3v) is 4.07. The van der Waals surface area contributed by atoms with E-state index < -0.39 is 0 Å². The van der Waals surface area contributed by atoms with E-state index in [0.29, 0.717) is 6.04 Å². The van der Waals surface area contributed by atoms with Crippen molar-refractivity contribution in [1.29, 1.82) is 0 Å². The minimum Gasteiger partial charge on any atom is -0.309 e. The van der Waals surface area contributed by atoms with Crippen LogP contribution in [0.2, 0.25) is 0 Å². The van der Waals surface area contributed by atoms with E-state index in [2.05, 4.69) is 48.7 Å². The molecule has 1 unspecified atom stereocenters. The Hall–Kier alpha value is -1.61. The third-order valence-electron chi connectivity index (χ3n) is 4.07. The highest BCUT2D eigenvalue weighted by molar-refractivity contribution is 5.67. The van der Waals surface area contributed by atoms with Crippen molar-refractivity contribution in [3.8, 4) is 11.1 Å². The van der Waals surface area contributed by atoms with Crippen molar-refractivity contribution in [3.05, 3.63) is 41.2 Å². The Morgan fingerprint density at radius 1 is 1.26 bits per heavy atom. The van der Waals surface area contributed by atoms with E-state index in [9.17, 15) is 0 Å². The second-order valence-corrected chi connectivity index (χ2v) is 5.55. The molecule has 1 fully saturated rings. The number of benzene rings is 1. The number of aromatic nitrogens is 2. The average Bonchev–Trinajstić information content (AvgIpc) is 3.01. The van der Waals surface area contributed by atoms with Crippen molar-refractivity contribution < 1.29 is 0 Å². The highest BCUT2D eigenvalue weighted by atomic mass is 15.3. The highest BCUT2D eigenvalue weighted by Gasteiger charge is 2.23. The van der Waals surface area contributed by atoms with Crippen LogP contribution in [0.25, 0.3) is 11.1 Å². The van der Waals surface area contributed by atoms with Crippen molar-refractivity contribution in [1.82, 2.24) is 15.1 Å². The molecule has 1 N–H and O–H groups in total. The van der Waals surface area contributed by atoms with Crippen LogP contribution in [0.5, 0.6) is 0 Å². The second-order valence-electron chi connectivity index (χ2n) is 5.55. The Bertz CT molecular complexity index is 592. The summed E-state index contributed by atoms with van der Waals surface area (Å²) in [6, 6.07) is 7.09. The van der Waals surface area contributed by atoms with Gasteiger partial charge in [-0.3, -0.25) is 4.68 Å². The summed E-state index contributed by atoms with van der Waals surface area (Å²) < 4.78 is 1.93. The van der Waals surface area contributed by atoms with E-state index >= 15 is 0 Å². The number of hydrogen-bond donors (Lipinski definition) is 1. The van der Waals surface area contributed by atoms with Crippen LogP contribution in [0, 0.1) is 13.8 Å². The first kappa shape index (κ1) is 12.4. The summed E-state index contributed by atoms with van der Waals surface area (Å²) in [6.07, 6.45) is 4.57. The maximum Gasteiger partial charge on any atom is 0.0872 e. The van der Waals surface area contributed by atoms with Crippen molar-refractivity contribution in [2.75, 3.05) is 6.54 Å². The van der Waals surface area contributed by atoms with E-state index in [-0.39, 0.29) is 0 Å². The number of rotatable bonds is 2. The zero-order valence-corrected chi connectivity index (χ0v) is 11.9. The molecule has 1 aliphatic rings. The van der Waals surface area contributed by atoms with Crippen LogP contribution in [0.3, 0.4) is 0 Å². The van der Waals surface area contributed by atoms with E-state index in [1.807, 2.05) is 11.7 Å². The van der Waals surface area contributed by atoms with Crippen molar-refractivity contribution in [2.45, 2.75) is 32.7 Å². The summed E-state index contributed by atoms with van der Waals surface area (Å²) in [6.45, 7) is 5.43. The summed E-state index contributed by atoms with van der Waals surface area (Å²) in [7, 11) is 2.00. The predicted molar refractivity (Wildman–Crippen MR) is 78.1 cm³/mol. The topological polar surface area (TPSA) is 29.9 Å². The first-order chi connectivity index (χ1) is 9.15. The molecular weight excluding hydrogens is 234 g/mol. The predicted octanol–water partition coefficient (Wildman–Crippen LogP) is 3.13. The van der Waals surface area contributed by atoms with Crippen LogP contribution in [-0.2, 0) is 7.05 Å². The van der Waals surface area contributed by atoms with Gasteiger partial charge in [0.25, 0.3) is 0 Å². The Morgan fingerprint density at radius 3 is 2.79 bits per heavy atom. The van der Waals surface area contributed by atoms with Gasteiger partial charge in [0.15, 0.2) is 0 Å². The van der Waals surface area contributed by atoms with Gasteiger partial charge in [0.1, 0.15) is 0 Å². The molecule has 1 atom stereocenters. The lowest BCUT2D eigenvalue weighted by Crippen LogP contribution is -2.14. The monoisotopic (exact) mass is 255 g/mol. The quantitative estimate of drug-likeness (QED) is 0.893. The lowest BCUT2D eigenvalue weighted by molar-refractivity contribution is 0.607. The molecule has 3 rings (SSSR count). The minimum atomic E-state index is 0.415. The van der Waals surface area contributed by atoms with Crippen LogP contribution in [-0.4, -0.2) is 16.3 Å². The number of nitrogens with one attached hydrogen (secondary N) is 1. The first-order valence-electron chi connectivity index (χ1n) is 6.99. The molecule has 0 aliphatic carbocycles. The molecule has 0 spiro atoms. The zero-order chi connectivity index (χ0) is 13.4. The molecule has 100 valence electrons. The van der Waals surface area contributed by atoms with E-state index in [1.54, 1.807) is 0 Å². The Morgan fingerprint density at radius 2 is 2.11 bits per heavy atom. The summed E-state index contributed by atoms with van der Waals surface area (Å²) >= 11 is 0. The highest BCUT2D eigenvalue weighted by Crippen LogP contribution is 2.32. The SMILES string of the molecule is Cc1ccc(-c2cn(C)nc2C2CCCN2)cc1C. The number of hydrogen-bond acceptors (Lipinski definition) is 2. The molecule has 19 heavy (non-hydrogen) atoms. The normalized spacial score (nSPS) is 19.0. The van der Waals surface area contributed by atoms with Crippen LogP contribution < -0.4 is 5.32 Å². The van der Waals surface area contributed by atoms with Gasteiger partial charge in [-0.1, -0.05) is 18.2 Å². The molecule has 0 bridgehead atoms. The molecule has 3 nitrogen and oxygen atoms in total. The molecule has 1 aromatic heterocycles. The molecule has 3 heteroatoms. The second kappa shape index (κ2) is 4.82. The summed E-state index contributed by atoms with van der Waals surface area (Å²) in [5, 5.41) is 8.22. The first-order valence-corrected chi connectivity index (χ1v) is 6.99. The fraction of sp³-hybridized carbons (Fsp3) is 0.438. The lowest BCUT2D eigenvalue weighted by Gasteiger charge is -2.11. The molecule has 1 aromatic carbocycles. The van der Waals surface area contributed by atoms with Gasteiger partial charge in [-0.25, -0.2) is 0 Å². The van der Waals surface area contributed by atoms with Crippen molar-refractivity contribution in [2.24, 2.45) is 7.05 Å². The van der Waals surface area contributed by atoms with Crippen LogP contribution >= 0.6 is 0 Å². The molecule has 2 aromatic rings. The van der Waals surface area contributed by atoms with Gasteiger partial charge in [0, 0.05) is 18.8 Å². The maximum atomic E-state index is 4.68. The van der Waals surface area contributed by atoms with Gasteiger partial charge in [0.05, 0.1) is 11.7 Å². The van der Waals surface area contributed by atoms with Gasteiger partial charge in [-0.15, -0.1) is 0 Å². The van der Waals surface area contributed by atoms with E-state index in [1.165, 1.54) is 40.8 Å². The van der Waals surface area contributed by atoms with Gasteiger partial charge in [0.2, 0.25) is 0 Å². The number of nitrogens with zero attached hydrogens (tertiary/aromatic N) is 2. The molecule has 1 aliphatic heterocycles. The van der Waals surface area contributed by atoms with Crippen LogP contribution in [0.15, 0.2) is 24.4 Å². The van der Waals surface area contributed by atoms with Gasteiger partial charge < -0.3 is 5.32 Å². The molecule has 0 radical (unpaired) electrons. The van der Waals surface area contributed by atoms with Crippen molar-refractivity contribution in [3.63, 3.8) is 0 Å². The molecule has 2 heterocycles. The van der Waals surface area contributed by atoms with Gasteiger partial charge >= 0.3 is 0 Å². The smallest absolute Gasteiger partial charge is 0.0872 e. The molecule has 1 saturated heterocycles. The van der Waals surface area contributed by atoms with Crippen LogP contribution in [0.1, 0.15) is 35.7 Å². The zero-order valence-electron chi connectivity index (χ0n) is 11.9. The summed E-state index contributed by atoms with van der Waals surface area (Å²) in [5.41, 5.74) is 6.42. The molecule has 0 amide bonds. The minimum absolute atomic E-state index is 0.415. The Kier molecular flexibility index (Phi) is 3.15. The molecule has 0 saturated carbocycles. The maximum absolute atomic E-state index is 4.68. The standard InChI is InChI=1S/C16H21N3/c1-11-6-7-13(9-12(11)2)14-10-19(3)18-16(14)15-5-4-8-17-15/h6-7,9-10,15,17H,4-5,8H2,1-3H3. The van der Waals surface area contributed by atoms with E-state index in [4.69, 9.17) is 0 Å². The van der Waals surface area contributed by atoms with Gasteiger partial charge in [-0.05, 0) is 49.9 Å². The molecular formula is C16H21N3. The fourth-order valence-corrected chi connectivity index (χ4v) is 2.81. The third kappa shape index (κ3) is 2.30. The summed E-state index contributed by atoms with van der Waals surface area (Å²) in [5.74, 6) is 0. The largest absolute Gasteiger partial charge is 0.309 e. The van der Waals surface area contributed by atoms with Gasteiger partial charge in [-0.2, -0.15) is 5.10 Å². The lowest BCUT2D eigenvalue weighted by atomic mass is 9.98. The van der Waals surface area contributed by atoms with Crippen LogP contribution in [0.4, 0.5) is 0 Å². The van der Waals surface area contributed by atoms with Crippen molar-refractivity contribution >= 4 is 0 Å². The average molecular weight is 255 g/mol. The van der Waals surface area contributed by atoms with E-state index in [0.717, 1.165) is 6.54 Å². The summed E-state index contributed by atoms with van der Waals surface area (Å²) in [4.78, 5) is 0. The fourth-order valence-electron chi connectivity index (χ4n) is 2.81.